The number of aromatic nitrogens is 2. The lowest BCUT2D eigenvalue weighted by Gasteiger charge is -2.23. The van der Waals surface area contributed by atoms with Gasteiger partial charge in [-0.25, -0.2) is 4.68 Å². The number of carbonyl (C=O) groups is 2. The molecule has 42 heavy (non-hydrogen) atoms. The summed E-state index contributed by atoms with van der Waals surface area (Å²) in [6, 6.07) is 23.0. The summed E-state index contributed by atoms with van der Waals surface area (Å²) in [5.41, 5.74) is 3.95. The van der Waals surface area contributed by atoms with E-state index in [-0.39, 0.29) is 36.2 Å². The van der Waals surface area contributed by atoms with Crippen LogP contribution in [-0.2, 0) is 9.59 Å². The van der Waals surface area contributed by atoms with E-state index in [1.165, 1.54) is 11.8 Å². The molecule has 0 saturated carbocycles. The predicted octanol–water partition coefficient (Wildman–Crippen LogP) is 4.77. The second-order valence-corrected chi connectivity index (χ2v) is 11.8. The van der Waals surface area contributed by atoms with E-state index in [1.54, 1.807) is 15.6 Å². The van der Waals surface area contributed by atoms with Crippen LogP contribution in [-0.4, -0.2) is 72.8 Å². The van der Waals surface area contributed by atoms with Crippen LogP contribution in [0.15, 0.2) is 72.8 Å². The fraction of sp³-hybridized carbons (Fsp3) is 0.258. The van der Waals surface area contributed by atoms with Gasteiger partial charge in [-0.1, -0.05) is 60.1 Å². The highest BCUT2D eigenvalue weighted by atomic mass is 35.5. The van der Waals surface area contributed by atoms with Crippen molar-refractivity contribution in [2.75, 3.05) is 51.2 Å². The number of rotatable bonds is 8. The number of thioether (sulfide) groups is 1. The number of para-hydroxylation sites is 1. The first kappa shape index (κ1) is 28.1. The van der Waals surface area contributed by atoms with Crippen LogP contribution in [0.1, 0.15) is 16.4 Å². The summed E-state index contributed by atoms with van der Waals surface area (Å²) in [6.07, 6.45) is 0. The van der Waals surface area contributed by atoms with Crippen molar-refractivity contribution in [3.8, 4) is 28.4 Å². The van der Waals surface area contributed by atoms with Crippen molar-refractivity contribution in [3.05, 3.63) is 88.9 Å². The molecule has 1 atom stereocenters. The van der Waals surface area contributed by atoms with E-state index in [2.05, 4.69) is 5.32 Å². The normalized spacial score (nSPS) is 16.0. The third kappa shape index (κ3) is 5.57. The van der Waals surface area contributed by atoms with Crippen molar-refractivity contribution in [3.63, 3.8) is 0 Å². The van der Waals surface area contributed by atoms with E-state index in [4.69, 9.17) is 26.2 Å². The van der Waals surface area contributed by atoms with Crippen molar-refractivity contribution in [2.45, 2.75) is 5.25 Å². The molecule has 2 aliphatic heterocycles. The maximum atomic E-state index is 13.9. The van der Waals surface area contributed by atoms with Crippen molar-refractivity contribution < 1.29 is 19.1 Å². The molecule has 2 aliphatic rings. The minimum Gasteiger partial charge on any atom is -0.454 e. The maximum absolute atomic E-state index is 13.9. The molecule has 6 rings (SSSR count). The number of amides is 2. The van der Waals surface area contributed by atoms with Crippen molar-refractivity contribution in [1.82, 2.24) is 20.0 Å². The van der Waals surface area contributed by atoms with Crippen LogP contribution >= 0.6 is 23.4 Å². The molecule has 1 aromatic heterocycles. The third-order valence-electron chi connectivity index (χ3n) is 7.10. The fourth-order valence-electron chi connectivity index (χ4n) is 5.08. The molecule has 1 unspecified atom stereocenters. The zero-order valence-corrected chi connectivity index (χ0v) is 24.8. The molecule has 3 aromatic carbocycles. The van der Waals surface area contributed by atoms with Crippen LogP contribution in [0.2, 0.25) is 5.02 Å². The molecule has 1 N–H and O–H groups in total. The van der Waals surface area contributed by atoms with Gasteiger partial charge in [0.25, 0.3) is 0 Å². The summed E-state index contributed by atoms with van der Waals surface area (Å²) in [7, 11) is 3.88. The molecule has 0 aliphatic carbocycles. The van der Waals surface area contributed by atoms with Crippen molar-refractivity contribution in [1.29, 1.82) is 0 Å². The summed E-state index contributed by atoms with van der Waals surface area (Å²) >= 11 is 8.21. The second-order valence-electron chi connectivity index (χ2n) is 10.3. The molecule has 3 heterocycles. The number of likely N-dealkylation sites (N-methyl/N-ethyl adjacent to an activating group) is 1. The number of fused-ring (bicyclic) bond motifs is 2. The third-order valence-corrected chi connectivity index (χ3v) is 8.67. The fourth-order valence-corrected chi connectivity index (χ4v) is 6.48. The highest BCUT2D eigenvalue weighted by Crippen LogP contribution is 2.50. The Bertz CT molecular complexity index is 1630. The molecule has 0 radical (unpaired) electrons. The predicted molar refractivity (Wildman–Crippen MR) is 165 cm³/mol. The molecule has 0 spiro atoms. The lowest BCUT2D eigenvalue weighted by atomic mass is 9.99. The zero-order valence-electron chi connectivity index (χ0n) is 23.2. The van der Waals surface area contributed by atoms with Crippen LogP contribution in [0, 0.1) is 0 Å². The van der Waals surface area contributed by atoms with Gasteiger partial charge in [-0.05, 0) is 43.9 Å². The van der Waals surface area contributed by atoms with Crippen LogP contribution in [0.3, 0.4) is 0 Å². The molecule has 9 nitrogen and oxygen atoms in total. The van der Waals surface area contributed by atoms with Gasteiger partial charge in [-0.3, -0.25) is 14.5 Å². The monoisotopic (exact) mass is 603 g/mol. The number of nitrogens with zero attached hydrogens (tertiary/aromatic N) is 4. The van der Waals surface area contributed by atoms with Gasteiger partial charge in [-0.2, -0.15) is 5.10 Å². The smallest absolute Gasteiger partial charge is 0.240 e. The number of carbonyl (C=O) groups excluding carboxylic acids is 2. The number of benzene rings is 3. The number of ether oxygens (including phenoxy) is 2. The van der Waals surface area contributed by atoms with Crippen LogP contribution in [0.5, 0.6) is 11.5 Å². The van der Waals surface area contributed by atoms with E-state index in [0.717, 1.165) is 16.7 Å². The number of anilines is 1. The van der Waals surface area contributed by atoms with Gasteiger partial charge in [0.15, 0.2) is 11.5 Å². The Kier molecular flexibility index (Phi) is 8.10. The van der Waals surface area contributed by atoms with Gasteiger partial charge in [0.05, 0.1) is 27.4 Å². The van der Waals surface area contributed by atoms with Crippen LogP contribution in [0.4, 0.5) is 5.82 Å². The number of hydrogen-bond acceptors (Lipinski definition) is 7. The van der Waals surface area contributed by atoms with Gasteiger partial charge in [0, 0.05) is 24.2 Å². The Balaban J connectivity index is 1.55. The zero-order chi connectivity index (χ0) is 29.2. The van der Waals surface area contributed by atoms with Gasteiger partial charge in [0.1, 0.15) is 12.4 Å². The summed E-state index contributed by atoms with van der Waals surface area (Å²) in [5, 5.41) is 8.21. The molecule has 0 saturated heterocycles. The highest BCUT2D eigenvalue weighted by Gasteiger charge is 2.38. The first-order valence-electron chi connectivity index (χ1n) is 13.6. The van der Waals surface area contributed by atoms with E-state index in [1.807, 2.05) is 85.7 Å². The molecule has 216 valence electrons. The van der Waals surface area contributed by atoms with Crippen molar-refractivity contribution in [2.24, 2.45) is 0 Å². The Labute approximate surface area is 253 Å². The Morgan fingerprint density at radius 3 is 2.62 bits per heavy atom. The molecular formula is C31H30ClN5O4S. The van der Waals surface area contributed by atoms with Crippen LogP contribution < -0.4 is 19.7 Å². The average molecular weight is 604 g/mol. The first-order valence-corrected chi connectivity index (χ1v) is 15.0. The standard InChI is InChI=1S/C31H30ClN5O4S/c1-35(2)15-14-33-26(38)17-36-27(39)18-42-30(21-12-13-24-25(16-21)41-19-40-24)28-29(20-8-4-3-5-9-20)34-37(31(28)36)23-11-7-6-10-22(23)32/h3-13,16,30H,14-15,17-19H2,1-2H3,(H,33,38). The maximum Gasteiger partial charge on any atom is 0.240 e. The molecular weight excluding hydrogens is 574 g/mol. The summed E-state index contributed by atoms with van der Waals surface area (Å²) in [6.45, 7) is 1.16. The Hall–Kier alpha value is -3.99. The SMILES string of the molecule is CN(C)CCNC(=O)CN1C(=O)CSC(c2ccc3c(c2)OCO3)c2c(-c3ccccc3)nn(-c3ccccc3Cl)c21. The molecule has 0 fully saturated rings. The molecule has 2 amide bonds. The number of nitrogens with one attached hydrogen (secondary N) is 1. The molecule has 0 bridgehead atoms. The van der Waals surface area contributed by atoms with E-state index in [0.29, 0.717) is 46.8 Å². The minimum atomic E-state index is -0.299. The average Bonchev–Trinajstić information content (AvgIpc) is 3.58. The molecule has 4 aromatic rings. The highest BCUT2D eigenvalue weighted by molar-refractivity contribution is 8.00. The second kappa shape index (κ2) is 12.1. The van der Waals surface area contributed by atoms with E-state index >= 15 is 0 Å². The topological polar surface area (TPSA) is 88.9 Å². The van der Waals surface area contributed by atoms with Gasteiger partial charge >= 0.3 is 0 Å². The molecule has 11 heteroatoms. The van der Waals surface area contributed by atoms with E-state index < -0.39 is 0 Å². The number of hydrogen-bond donors (Lipinski definition) is 1. The summed E-state index contributed by atoms with van der Waals surface area (Å²) in [4.78, 5) is 30.6. The minimum absolute atomic E-state index is 0.155. The largest absolute Gasteiger partial charge is 0.454 e. The first-order chi connectivity index (χ1) is 20.4. The Morgan fingerprint density at radius 2 is 1.83 bits per heavy atom. The van der Waals surface area contributed by atoms with Gasteiger partial charge in [-0.15, -0.1) is 11.8 Å². The lowest BCUT2D eigenvalue weighted by Crippen LogP contribution is -2.43. The summed E-state index contributed by atoms with van der Waals surface area (Å²) < 4.78 is 13.0. The number of halogens is 1. The Morgan fingerprint density at radius 1 is 1.07 bits per heavy atom. The van der Waals surface area contributed by atoms with E-state index in [9.17, 15) is 9.59 Å². The summed E-state index contributed by atoms with van der Waals surface area (Å²) in [5.74, 6) is 1.57. The quantitative estimate of drug-likeness (QED) is 0.310. The van der Waals surface area contributed by atoms with Crippen molar-refractivity contribution >= 4 is 41.0 Å². The van der Waals surface area contributed by atoms with Gasteiger partial charge < -0.3 is 19.7 Å². The van der Waals surface area contributed by atoms with Gasteiger partial charge in [0.2, 0.25) is 18.6 Å². The van der Waals surface area contributed by atoms with Crippen LogP contribution in [0.25, 0.3) is 16.9 Å². The lowest BCUT2D eigenvalue weighted by molar-refractivity contribution is -0.122.